The van der Waals surface area contributed by atoms with Crippen LogP contribution in [0.15, 0.2) is 22.7 Å². The number of hydrogen-bond acceptors (Lipinski definition) is 3. The summed E-state index contributed by atoms with van der Waals surface area (Å²) >= 11 is 3.37. The van der Waals surface area contributed by atoms with E-state index in [9.17, 15) is 4.79 Å². The van der Waals surface area contributed by atoms with Crippen LogP contribution in [-0.2, 0) is 16.0 Å². The Kier molecular flexibility index (Phi) is 4.02. The third-order valence-electron chi connectivity index (χ3n) is 2.60. The molecule has 1 amide bonds. The summed E-state index contributed by atoms with van der Waals surface area (Å²) in [7, 11) is 1.60. The van der Waals surface area contributed by atoms with Gasteiger partial charge in [0.05, 0.1) is 32.8 Å². The minimum absolute atomic E-state index is 0.000998. The van der Waals surface area contributed by atoms with Crippen molar-refractivity contribution in [1.82, 2.24) is 5.32 Å². The number of methoxy groups -OCH3 is 1. The van der Waals surface area contributed by atoms with E-state index in [2.05, 4.69) is 21.2 Å². The first-order valence-electron chi connectivity index (χ1n) is 5.38. The molecule has 0 radical (unpaired) electrons. The molecule has 1 aliphatic heterocycles. The number of benzene rings is 1. The van der Waals surface area contributed by atoms with Crippen LogP contribution in [0.2, 0.25) is 0 Å². The average Bonchev–Trinajstić information content (AvgIpc) is 2.26. The van der Waals surface area contributed by atoms with Gasteiger partial charge < -0.3 is 14.8 Å². The van der Waals surface area contributed by atoms with Crippen molar-refractivity contribution in [1.29, 1.82) is 0 Å². The second-order valence-corrected chi connectivity index (χ2v) is 4.85. The number of amides is 1. The van der Waals surface area contributed by atoms with Crippen molar-refractivity contribution in [2.45, 2.75) is 12.5 Å². The molecule has 0 spiro atoms. The number of rotatable bonds is 4. The van der Waals surface area contributed by atoms with E-state index in [1.807, 2.05) is 18.2 Å². The number of carbonyl (C=O) groups is 1. The van der Waals surface area contributed by atoms with Gasteiger partial charge >= 0.3 is 0 Å². The van der Waals surface area contributed by atoms with Crippen LogP contribution in [0.3, 0.4) is 0 Å². The van der Waals surface area contributed by atoms with E-state index in [1.165, 1.54) is 0 Å². The van der Waals surface area contributed by atoms with Crippen molar-refractivity contribution in [2.75, 3.05) is 20.3 Å². The van der Waals surface area contributed by atoms with Crippen molar-refractivity contribution in [2.24, 2.45) is 0 Å². The molecule has 0 aromatic heterocycles. The van der Waals surface area contributed by atoms with Crippen LogP contribution in [0.25, 0.3) is 0 Å². The Hall–Kier alpha value is -1.07. The van der Waals surface area contributed by atoms with Crippen molar-refractivity contribution in [3.63, 3.8) is 0 Å². The Labute approximate surface area is 108 Å². The number of ether oxygens (including phenoxy) is 2. The van der Waals surface area contributed by atoms with Crippen molar-refractivity contribution in [3.05, 3.63) is 28.2 Å². The Morgan fingerprint density at radius 3 is 2.94 bits per heavy atom. The van der Waals surface area contributed by atoms with E-state index in [4.69, 9.17) is 9.47 Å². The molecule has 1 fully saturated rings. The molecule has 0 unspecified atom stereocenters. The van der Waals surface area contributed by atoms with Crippen LogP contribution in [0.4, 0.5) is 0 Å². The predicted octanol–water partition coefficient (Wildman–Crippen LogP) is 1.52. The van der Waals surface area contributed by atoms with E-state index in [-0.39, 0.29) is 11.9 Å². The van der Waals surface area contributed by atoms with Crippen molar-refractivity contribution in [3.8, 4) is 5.75 Å². The number of nitrogens with one attached hydrogen (secondary N) is 1. The quantitative estimate of drug-likeness (QED) is 0.917. The van der Waals surface area contributed by atoms with Gasteiger partial charge in [0.15, 0.2) is 0 Å². The minimum atomic E-state index is -0.000998. The third kappa shape index (κ3) is 3.20. The molecule has 0 saturated carbocycles. The monoisotopic (exact) mass is 299 g/mol. The van der Waals surface area contributed by atoms with Gasteiger partial charge in [0.1, 0.15) is 5.75 Å². The summed E-state index contributed by atoms with van der Waals surface area (Å²) in [6.07, 6.45) is 0.326. The summed E-state index contributed by atoms with van der Waals surface area (Å²) in [5, 5.41) is 2.90. The van der Waals surface area contributed by atoms with Gasteiger partial charge in [-0.1, -0.05) is 22.0 Å². The lowest BCUT2D eigenvalue weighted by molar-refractivity contribution is -0.124. The largest absolute Gasteiger partial charge is 0.496 e. The first-order chi connectivity index (χ1) is 8.19. The zero-order valence-electron chi connectivity index (χ0n) is 9.53. The lowest BCUT2D eigenvalue weighted by Crippen LogP contribution is -2.49. The molecule has 1 aromatic carbocycles. The lowest BCUT2D eigenvalue weighted by atomic mass is 10.1. The second-order valence-electron chi connectivity index (χ2n) is 3.93. The van der Waals surface area contributed by atoms with E-state index >= 15 is 0 Å². The van der Waals surface area contributed by atoms with Crippen LogP contribution in [0, 0.1) is 0 Å². The molecule has 2 rings (SSSR count). The van der Waals surface area contributed by atoms with Crippen LogP contribution in [0.5, 0.6) is 5.75 Å². The van der Waals surface area contributed by atoms with Gasteiger partial charge in [0.25, 0.3) is 0 Å². The molecule has 92 valence electrons. The molecular weight excluding hydrogens is 286 g/mol. The molecule has 1 N–H and O–H groups in total. The zero-order valence-corrected chi connectivity index (χ0v) is 11.1. The molecular formula is C12H14BrNO3. The summed E-state index contributed by atoms with van der Waals surface area (Å²) in [6.45, 7) is 1.23. The highest BCUT2D eigenvalue weighted by Gasteiger charge is 2.20. The number of hydrogen-bond donors (Lipinski definition) is 1. The number of halogens is 1. The summed E-state index contributed by atoms with van der Waals surface area (Å²) in [4.78, 5) is 11.7. The molecule has 5 heteroatoms. The molecule has 1 aromatic rings. The molecule has 0 aliphatic carbocycles. The summed E-state index contributed by atoms with van der Waals surface area (Å²) in [5.41, 5.74) is 0.883. The van der Waals surface area contributed by atoms with Crippen LogP contribution in [-0.4, -0.2) is 32.3 Å². The topological polar surface area (TPSA) is 47.6 Å². The Morgan fingerprint density at radius 2 is 2.35 bits per heavy atom. The third-order valence-corrected chi connectivity index (χ3v) is 3.10. The normalized spacial score (nSPS) is 15.2. The average molecular weight is 300 g/mol. The minimum Gasteiger partial charge on any atom is -0.496 e. The summed E-state index contributed by atoms with van der Waals surface area (Å²) in [6, 6.07) is 5.82. The van der Waals surface area contributed by atoms with Gasteiger partial charge in [-0.2, -0.15) is 0 Å². The fourth-order valence-corrected chi connectivity index (χ4v) is 1.98. The maximum absolute atomic E-state index is 11.7. The van der Waals surface area contributed by atoms with Crippen LogP contribution < -0.4 is 10.1 Å². The first-order valence-corrected chi connectivity index (χ1v) is 6.18. The van der Waals surface area contributed by atoms with Gasteiger partial charge in [-0.05, 0) is 12.1 Å². The molecule has 1 heterocycles. The van der Waals surface area contributed by atoms with Gasteiger partial charge in [-0.15, -0.1) is 0 Å². The predicted molar refractivity (Wildman–Crippen MR) is 67.1 cm³/mol. The summed E-state index contributed by atoms with van der Waals surface area (Å²) < 4.78 is 11.2. The summed E-state index contributed by atoms with van der Waals surface area (Å²) in [5.74, 6) is 0.721. The van der Waals surface area contributed by atoms with Gasteiger partial charge in [0, 0.05) is 10.0 Å². The molecule has 0 atom stereocenters. The van der Waals surface area contributed by atoms with Crippen LogP contribution in [0.1, 0.15) is 5.56 Å². The molecule has 4 nitrogen and oxygen atoms in total. The fourth-order valence-electron chi connectivity index (χ4n) is 1.64. The van der Waals surface area contributed by atoms with Gasteiger partial charge in [0.2, 0.25) is 5.91 Å². The Morgan fingerprint density at radius 1 is 1.59 bits per heavy atom. The highest BCUT2D eigenvalue weighted by atomic mass is 79.9. The van der Waals surface area contributed by atoms with E-state index in [0.29, 0.717) is 19.6 Å². The smallest absolute Gasteiger partial charge is 0.224 e. The maximum atomic E-state index is 11.7. The Bertz CT molecular complexity index is 418. The van der Waals surface area contributed by atoms with Crippen molar-refractivity contribution >= 4 is 21.8 Å². The van der Waals surface area contributed by atoms with Gasteiger partial charge in [-0.25, -0.2) is 0 Å². The van der Waals surface area contributed by atoms with Crippen molar-refractivity contribution < 1.29 is 14.3 Å². The highest BCUT2D eigenvalue weighted by molar-refractivity contribution is 9.10. The first kappa shape index (κ1) is 12.4. The standard InChI is InChI=1S/C12H14BrNO3/c1-16-11-5-9(13)3-2-8(11)4-12(15)14-10-6-17-7-10/h2-3,5,10H,4,6-7H2,1H3,(H,14,15). The number of carbonyl (C=O) groups excluding carboxylic acids is 1. The second kappa shape index (κ2) is 5.51. The molecule has 1 aliphatic rings. The van der Waals surface area contributed by atoms with E-state index in [0.717, 1.165) is 15.8 Å². The zero-order chi connectivity index (χ0) is 12.3. The fraction of sp³-hybridized carbons (Fsp3) is 0.417. The highest BCUT2D eigenvalue weighted by Crippen LogP contribution is 2.23. The molecule has 1 saturated heterocycles. The molecule has 17 heavy (non-hydrogen) atoms. The molecule has 0 bridgehead atoms. The van der Waals surface area contributed by atoms with E-state index < -0.39 is 0 Å². The maximum Gasteiger partial charge on any atom is 0.224 e. The van der Waals surface area contributed by atoms with Crippen LogP contribution >= 0.6 is 15.9 Å². The SMILES string of the molecule is COc1cc(Br)ccc1CC(=O)NC1COC1. The Balaban J connectivity index is 1.99. The lowest BCUT2D eigenvalue weighted by Gasteiger charge is -2.26. The van der Waals surface area contributed by atoms with Gasteiger partial charge in [-0.3, -0.25) is 4.79 Å². The van der Waals surface area contributed by atoms with E-state index in [1.54, 1.807) is 7.11 Å².